The molecule has 70 valence electrons. The van der Waals surface area contributed by atoms with E-state index in [0.717, 1.165) is 6.42 Å². The first-order chi connectivity index (χ1) is 5.77. The lowest BCUT2D eigenvalue weighted by molar-refractivity contribution is -0.148. The van der Waals surface area contributed by atoms with Gasteiger partial charge in [0.15, 0.2) is 0 Å². The Balaban J connectivity index is 1.98. The maximum atomic E-state index is 9.59. The second-order valence-electron chi connectivity index (χ2n) is 4.23. The van der Waals surface area contributed by atoms with Crippen molar-refractivity contribution in [3.8, 4) is 0 Å². The van der Waals surface area contributed by atoms with E-state index in [0.29, 0.717) is 12.0 Å². The first-order valence-corrected chi connectivity index (χ1v) is 5.11. The van der Waals surface area contributed by atoms with Crippen LogP contribution in [-0.4, -0.2) is 23.4 Å². The van der Waals surface area contributed by atoms with E-state index < -0.39 is 0 Å². The van der Waals surface area contributed by atoms with Crippen molar-refractivity contribution in [2.24, 2.45) is 5.92 Å². The van der Waals surface area contributed by atoms with Crippen LogP contribution in [0.15, 0.2) is 0 Å². The Bertz CT molecular complexity index is 140. The molecular formula is C10H18O2. The zero-order chi connectivity index (χ0) is 8.55. The van der Waals surface area contributed by atoms with Gasteiger partial charge in [0.2, 0.25) is 0 Å². The summed E-state index contributed by atoms with van der Waals surface area (Å²) < 4.78 is 5.75. The van der Waals surface area contributed by atoms with Gasteiger partial charge in [-0.2, -0.15) is 0 Å². The Labute approximate surface area is 73.9 Å². The van der Waals surface area contributed by atoms with E-state index in [9.17, 15) is 5.11 Å². The van der Waals surface area contributed by atoms with Crippen molar-refractivity contribution >= 4 is 0 Å². The lowest BCUT2D eigenvalue weighted by Crippen LogP contribution is -2.44. The van der Waals surface area contributed by atoms with Crippen molar-refractivity contribution < 1.29 is 9.84 Å². The minimum Gasteiger partial charge on any atom is -0.390 e. The topological polar surface area (TPSA) is 29.5 Å². The molecule has 0 aromatic heterocycles. The molecule has 1 aliphatic carbocycles. The Morgan fingerprint density at radius 3 is 2.83 bits per heavy atom. The highest BCUT2D eigenvalue weighted by molar-refractivity contribution is 4.85. The van der Waals surface area contributed by atoms with Gasteiger partial charge < -0.3 is 9.84 Å². The van der Waals surface area contributed by atoms with Gasteiger partial charge >= 0.3 is 0 Å². The summed E-state index contributed by atoms with van der Waals surface area (Å²) in [7, 11) is 0. The van der Waals surface area contributed by atoms with E-state index in [1.807, 2.05) is 6.92 Å². The van der Waals surface area contributed by atoms with Gasteiger partial charge in [0, 0.05) is 0 Å². The summed E-state index contributed by atoms with van der Waals surface area (Å²) in [5.41, 5.74) is 0. The molecule has 0 bridgehead atoms. The molecule has 4 atom stereocenters. The van der Waals surface area contributed by atoms with Gasteiger partial charge in [-0.05, 0) is 32.1 Å². The molecule has 1 N–H and O–H groups in total. The van der Waals surface area contributed by atoms with Crippen LogP contribution in [0, 0.1) is 5.92 Å². The molecule has 0 unspecified atom stereocenters. The first-order valence-electron chi connectivity index (χ1n) is 5.11. The first kappa shape index (κ1) is 8.52. The quantitative estimate of drug-likeness (QED) is 0.599. The highest BCUT2D eigenvalue weighted by Crippen LogP contribution is 2.35. The van der Waals surface area contributed by atoms with Crippen molar-refractivity contribution in [2.75, 3.05) is 0 Å². The fourth-order valence-corrected chi connectivity index (χ4v) is 2.49. The molecule has 12 heavy (non-hydrogen) atoms. The predicted molar refractivity (Wildman–Crippen MR) is 46.9 cm³/mol. The molecule has 2 aliphatic rings. The molecule has 1 saturated heterocycles. The van der Waals surface area contributed by atoms with Gasteiger partial charge in [-0.15, -0.1) is 0 Å². The predicted octanol–water partition coefficient (Wildman–Crippen LogP) is 1.71. The van der Waals surface area contributed by atoms with E-state index in [1.54, 1.807) is 0 Å². The van der Waals surface area contributed by atoms with Gasteiger partial charge in [0.1, 0.15) is 0 Å². The number of hydrogen-bond donors (Lipinski definition) is 1. The summed E-state index contributed by atoms with van der Waals surface area (Å²) in [6.07, 6.45) is 6.36. The van der Waals surface area contributed by atoms with E-state index in [2.05, 4.69) is 0 Å². The lowest BCUT2D eigenvalue weighted by Gasteiger charge is -2.41. The molecule has 1 heterocycles. The highest BCUT2D eigenvalue weighted by Gasteiger charge is 2.35. The summed E-state index contributed by atoms with van der Waals surface area (Å²) in [4.78, 5) is 0. The summed E-state index contributed by atoms with van der Waals surface area (Å²) in [6, 6.07) is 0. The Hall–Kier alpha value is -0.0800. The highest BCUT2D eigenvalue weighted by atomic mass is 16.5. The number of hydrogen-bond acceptors (Lipinski definition) is 2. The summed E-state index contributed by atoms with van der Waals surface area (Å²) in [5.74, 6) is 0.643. The maximum Gasteiger partial charge on any atom is 0.0809 e. The van der Waals surface area contributed by atoms with E-state index in [1.165, 1.54) is 25.7 Å². The average Bonchev–Trinajstić information content (AvgIpc) is 2.07. The Morgan fingerprint density at radius 2 is 2.00 bits per heavy atom. The van der Waals surface area contributed by atoms with Crippen LogP contribution < -0.4 is 0 Å². The van der Waals surface area contributed by atoms with Gasteiger partial charge in [-0.1, -0.05) is 12.8 Å². The molecule has 1 aliphatic heterocycles. The molecule has 0 aromatic carbocycles. The van der Waals surface area contributed by atoms with Crippen molar-refractivity contribution in [1.29, 1.82) is 0 Å². The number of rotatable bonds is 0. The number of ether oxygens (including phenoxy) is 1. The zero-order valence-corrected chi connectivity index (χ0v) is 7.70. The third-order valence-electron chi connectivity index (χ3n) is 3.31. The van der Waals surface area contributed by atoms with Crippen molar-refractivity contribution in [3.63, 3.8) is 0 Å². The molecule has 0 aromatic rings. The van der Waals surface area contributed by atoms with E-state index in [-0.39, 0.29) is 12.2 Å². The van der Waals surface area contributed by atoms with E-state index in [4.69, 9.17) is 4.74 Å². The van der Waals surface area contributed by atoms with Crippen LogP contribution in [0.5, 0.6) is 0 Å². The SMILES string of the molecule is C[C@@H]1O[C@@H]2CCCC[C@H]2C[C@H]1O. The Morgan fingerprint density at radius 1 is 1.25 bits per heavy atom. The molecule has 1 saturated carbocycles. The summed E-state index contributed by atoms with van der Waals surface area (Å²) in [5, 5.41) is 9.59. The molecule has 0 radical (unpaired) electrons. The summed E-state index contributed by atoms with van der Waals surface area (Å²) in [6.45, 7) is 1.98. The zero-order valence-electron chi connectivity index (χ0n) is 7.70. The van der Waals surface area contributed by atoms with Gasteiger partial charge in [0.25, 0.3) is 0 Å². The fraction of sp³-hybridized carbons (Fsp3) is 1.00. The number of aliphatic hydroxyl groups is 1. The fourth-order valence-electron chi connectivity index (χ4n) is 2.49. The van der Waals surface area contributed by atoms with Crippen molar-refractivity contribution in [2.45, 2.75) is 57.3 Å². The third-order valence-corrected chi connectivity index (χ3v) is 3.31. The van der Waals surface area contributed by atoms with Gasteiger partial charge in [-0.3, -0.25) is 0 Å². The largest absolute Gasteiger partial charge is 0.390 e. The number of fused-ring (bicyclic) bond motifs is 1. The summed E-state index contributed by atoms with van der Waals surface area (Å²) >= 11 is 0. The molecule has 0 spiro atoms. The number of aliphatic hydroxyl groups excluding tert-OH is 1. The van der Waals surface area contributed by atoms with Crippen molar-refractivity contribution in [3.05, 3.63) is 0 Å². The van der Waals surface area contributed by atoms with Crippen LogP contribution in [-0.2, 0) is 4.74 Å². The third kappa shape index (κ3) is 1.50. The van der Waals surface area contributed by atoms with Crippen molar-refractivity contribution in [1.82, 2.24) is 0 Å². The molecule has 0 amide bonds. The molecule has 2 rings (SSSR count). The smallest absolute Gasteiger partial charge is 0.0809 e. The Kier molecular flexibility index (Phi) is 2.37. The second kappa shape index (κ2) is 3.35. The molecular weight excluding hydrogens is 152 g/mol. The molecule has 2 heteroatoms. The minimum absolute atomic E-state index is 0.0596. The van der Waals surface area contributed by atoms with Crippen LogP contribution in [0.4, 0.5) is 0 Å². The molecule has 2 nitrogen and oxygen atoms in total. The van der Waals surface area contributed by atoms with Gasteiger partial charge in [-0.25, -0.2) is 0 Å². The monoisotopic (exact) mass is 170 g/mol. The average molecular weight is 170 g/mol. The minimum atomic E-state index is -0.218. The van der Waals surface area contributed by atoms with E-state index >= 15 is 0 Å². The molecule has 2 fully saturated rings. The van der Waals surface area contributed by atoms with Crippen LogP contribution >= 0.6 is 0 Å². The van der Waals surface area contributed by atoms with Crippen LogP contribution in [0.3, 0.4) is 0 Å². The van der Waals surface area contributed by atoms with Gasteiger partial charge in [0.05, 0.1) is 18.3 Å². The lowest BCUT2D eigenvalue weighted by atomic mass is 9.80. The second-order valence-corrected chi connectivity index (χ2v) is 4.23. The standard InChI is InChI=1S/C10H18O2/c1-7-9(11)6-8-4-2-3-5-10(8)12-7/h7-11H,2-6H2,1H3/t7-,8-,9+,10+/m0/s1. The van der Waals surface area contributed by atoms with Crippen LogP contribution in [0.1, 0.15) is 39.0 Å². The maximum absolute atomic E-state index is 9.59. The normalized spacial score (nSPS) is 48.5. The van der Waals surface area contributed by atoms with Crippen LogP contribution in [0.2, 0.25) is 0 Å². The van der Waals surface area contributed by atoms with Crippen LogP contribution in [0.25, 0.3) is 0 Å².